The number of nitrogens with zero attached hydrogens (tertiary/aromatic N) is 4. The number of hydrogen-bond acceptors (Lipinski definition) is 4. The van der Waals surface area contributed by atoms with Crippen LogP contribution in [0, 0.1) is 5.92 Å². The van der Waals surface area contributed by atoms with Gasteiger partial charge in [0.05, 0.1) is 5.52 Å². The minimum absolute atomic E-state index is 0.257. The molecule has 0 N–H and O–H groups in total. The first-order valence-electron chi connectivity index (χ1n) is 7.27. The Morgan fingerprint density at radius 2 is 2.00 bits per heavy atom. The molecule has 1 aliphatic heterocycles. The summed E-state index contributed by atoms with van der Waals surface area (Å²) in [5.41, 5.74) is 1.21. The number of piperidine rings is 1. The molecule has 2 atom stereocenters. The van der Waals surface area contributed by atoms with Gasteiger partial charge in [-0.2, -0.15) is 4.98 Å². The van der Waals surface area contributed by atoms with E-state index in [9.17, 15) is 4.79 Å². The Morgan fingerprint density at radius 3 is 2.76 bits per heavy atom. The summed E-state index contributed by atoms with van der Waals surface area (Å²) < 4.78 is 1.51. The third-order valence-electron chi connectivity index (χ3n) is 4.29. The fourth-order valence-corrected chi connectivity index (χ4v) is 3.12. The average molecular weight is 307 g/mol. The fourth-order valence-electron chi connectivity index (χ4n) is 2.97. The maximum absolute atomic E-state index is 12.1. The predicted molar refractivity (Wildman–Crippen MR) is 85.0 cm³/mol. The van der Waals surface area contributed by atoms with E-state index in [2.05, 4.69) is 28.7 Å². The Balaban J connectivity index is 2.24. The van der Waals surface area contributed by atoms with Gasteiger partial charge in [0.2, 0.25) is 0 Å². The van der Waals surface area contributed by atoms with Gasteiger partial charge in [0.15, 0.2) is 5.82 Å². The lowest BCUT2D eigenvalue weighted by atomic mass is 9.95. The molecule has 112 valence electrons. The molecule has 3 heterocycles. The van der Waals surface area contributed by atoms with Crippen molar-refractivity contribution in [3.8, 4) is 0 Å². The third kappa shape index (κ3) is 2.50. The zero-order valence-corrected chi connectivity index (χ0v) is 13.3. The molecule has 3 rings (SSSR count). The minimum atomic E-state index is -0.257. The molecule has 1 fully saturated rings. The van der Waals surface area contributed by atoms with Crippen LogP contribution in [0.25, 0.3) is 11.0 Å². The highest BCUT2D eigenvalue weighted by atomic mass is 35.5. The Hall–Kier alpha value is -1.62. The summed E-state index contributed by atoms with van der Waals surface area (Å²) in [5, 5.41) is 0.418. The summed E-state index contributed by atoms with van der Waals surface area (Å²) in [6, 6.07) is 3.88. The molecule has 5 nitrogen and oxygen atoms in total. The number of halogens is 1. The van der Waals surface area contributed by atoms with Gasteiger partial charge in [-0.25, -0.2) is 9.78 Å². The van der Waals surface area contributed by atoms with Crippen LogP contribution in [0.3, 0.4) is 0 Å². The van der Waals surface area contributed by atoms with Gasteiger partial charge >= 0.3 is 5.69 Å². The number of aromatic nitrogens is 3. The van der Waals surface area contributed by atoms with Crippen LogP contribution in [0.2, 0.25) is 5.15 Å². The van der Waals surface area contributed by atoms with Crippen molar-refractivity contribution in [2.75, 3.05) is 11.4 Å². The van der Waals surface area contributed by atoms with Gasteiger partial charge in [0, 0.05) is 19.6 Å². The Labute approximate surface area is 128 Å². The highest BCUT2D eigenvalue weighted by Crippen LogP contribution is 2.30. The first-order valence-corrected chi connectivity index (χ1v) is 7.65. The lowest BCUT2D eigenvalue weighted by Gasteiger charge is -2.37. The number of rotatable bonds is 1. The van der Waals surface area contributed by atoms with E-state index in [4.69, 9.17) is 11.6 Å². The largest absolute Gasteiger partial charge is 0.352 e. The van der Waals surface area contributed by atoms with Crippen molar-refractivity contribution in [3.63, 3.8) is 0 Å². The van der Waals surface area contributed by atoms with Crippen LogP contribution >= 0.6 is 11.6 Å². The van der Waals surface area contributed by atoms with E-state index in [0.717, 1.165) is 18.5 Å². The second-order valence-corrected chi connectivity index (χ2v) is 6.35. The van der Waals surface area contributed by atoms with E-state index in [1.165, 1.54) is 11.0 Å². The van der Waals surface area contributed by atoms with Crippen molar-refractivity contribution in [2.45, 2.75) is 32.7 Å². The van der Waals surface area contributed by atoms with Gasteiger partial charge in [-0.05, 0) is 37.8 Å². The van der Waals surface area contributed by atoms with Crippen LogP contribution in [0.15, 0.2) is 16.9 Å². The molecule has 0 unspecified atom stereocenters. The molecule has 0 bridgehead atoms. The van der Waals surface area contributed by atoms with Crippen LogP contribution in [0.5, 0.6) is 0 Å². The molecule has 0 aliphatic carbocycles. The quantitative estimate of drug-likeness (QED) is 0.760. The summed E-state index contributed by atoms with van der Waals surface area (Å²) in [4.78, 5) is 23.0. The molecule has 2 aromatic heterocycles. The molecule has 0 saturated carbocycles. The first-order chi connectivity index (χ1) is 9.97. The lowest BCUT2D eigenvalue weighted by Crippen LogP contribution is -2.43. The van der Waals surface area contributed by atoms with Crippen molar-refractivity contribution in [1.82, 2.24) is 14.5 Å². The van der Waals surface area contributed by atoms with Crippen molar-refractivity contribution in [1.29, 1.82) is 0 Å². The Morgan fingerprint density at radius 1 is 1.24 bits per heavy atom. The molecule has 0 amide bonds. The van der Waals surface area contributed by atoms with Crippen molar-refractivity contribution >= 4 is 28.5 Å². The van der Waals surface area contributed by atoms with Crippen molar-refractivity contribution in [3.05, 3.63) is 27.8 Å². The highest BCUT2D eigenvalue weighted by Gasteiger charge is 2.26. The van der Waals surface area contributed by atoms with Gasteiger partial charge in [-0.15, -0.1) is 0 Å². The third-order valence-corrected chi connectivity index (χ3v) is 4.50. The predicted octanol–water partition coefficient (Wildman–Crippen LogP) is 2.61. The standard InChI is InChI=1S/C15H19ClN4O/c1-9-4-5-10(2)20(8-9)14-13-11(6-7-12(16)17-13)19(3)15(21)18-14/h6-7,9-10H,4-5,8H2,1-3H3/t9-,10+/m0/s1. The number of hydrogen-bond donors (Lipinski definition) is 0. The lowest BCUT2D eigenvalue weighted by molar-refractivity contribution is 0.388. The monoisotopic (exact) mass is 306 g/mol. The molecule has 21 heavy (non-hydrogen) atoms. The highest BCUT2D eigenvalue weighted by molar-refractivity contribution is 6.29. The molecule has 1 saturated heterocycles. The molecule has 6 heteroatoms. The minimum Gasteiger partial charge on any atom is -0.352 e. The molecule has 0 aromatic carbocycles. The van der Waals surface area contributed by atoms with Gasteiger partial charge < -0.3 is 4.90 Å². The summed E-state index contributed by atoms with van der Waals surface area (Å²) in [6.07, 6.45) is 2.30. The normalized spacial score (nSPS) is 22.8. The maximum atomic E-state index is 12.1. The van der Waals surface area contributed by atoms with Gasteiger partial charge in [-0.3, -0.25) is 4.57 Å². The summed E-state index contributed by atoms with van der Waals surface area (Å²) >= 11 is 6.04. The van der Waals surface area contributed by atoms with E-state index in [1.807, 2.05) is 6.07 Å². The van der Waals surface area contributed by atoms with Crippen LogP contribution < -0.4 is 10.6 Å². The smallest absolute Gasteiger partial charge is 0.349 e. The molecular weight excluding hydrogens is 288 g/mol. The zero-order chi connectivity index (χ0) is 15.1. The van der Waals surface area contributed by atoms with Crippen LogP contribution in [-0.2, 0) is 7.05 Å². The topological polar surface area (TPSA) is 51.0 Å². The molecule has 1 aliphatic rings. The first kappa shape index (κ1) is 14.3. The summed E-state index contributed by atoms with van der Waals surface area (Å²) in [6.45, 7) is 5.29. The number of anilines is 1. The summed E-state index contributed by atoms with van der Waals surface area (Å²) in [7, 11) is 1.71. The Kier molecular flexibility index (Phi) is 3.61. The molecule has 0 radical (unpaired) electrons. The average Bonchev–Trinajstić information content (AvgIpc) is 2.45. The number of aryl methyl sites for hydroxylation is 1. The molecule has 2 aromatic rings. The van der Waals surface area contributed by atoms with E-state index in [1.54, 1.807) is 13.1 Å². The van der Waals surface area contributed by atoms with Crippen LogP contribution in [0.4, 0.5) is 5.82 Å². The Bertz CT molecular complexity index is 742. The van der Waals surface area contributed by atoms with Gasteiger partial charge in [0.1, 0.15) is 10.7 Å². The van der Waals surface area contributed by atoms with E-state index < -0.39 is 0 Å². The SMILES string of the molecule is C[C@H]1CC[C@@H](C)N(c2nc(=O)n(C)c3ccc(Cl)nc23)C1. The summed E-state index contributed by atoms with van der Waals surface area (Å²) in [5.74, 6) is 1.25. The fraction of sp³-hybridized carbons (Fsp3) is 0.533. The van der Waals surface area contributed by atoms with Gasteiger partial charge in [0.25, 0.3) is 0 Å². The second-order valence-electron chi connectivity index (χ2n) is 5.96. The van der Waals surface area contributed by atoms with E-state index >= 15 is 0 Å². The van der Waals surface area contributed by atoms with Crippen LogP contribution in [-0.4, -0.2) is 27.1 Å². The number of fused-ring (bicyclic) bond motifs is 1. The molecular formula is C15H19ClN4O. The van der Waals surface area contributed by atoms with E-state index in [-0.39, 0.29) is 5.69 Å². The zero-order valence-electron chi connectivity index (χ0n) is 12.5. The number of pyridine rings is 1. The van der Waals surface area contributed by atoms with Gasteiger partial charge in [-0.1, -0.05) is 18.5 Å². The van der Waals surface area contributed by atoms with Crippen molar-refractivity contribution in [2.24, 2.45) is 13.0 Å². The maximum Gasteiger partial charge on any atom is 0.349 e. The molecule has 0 spiro atoms. The van der Waals surface area contributed by atoms with Crippen molar-refractivity contribution < 1.29 is 0 Å². The second kappa shape index (κ2) is 5.30. The van der Waals surface area contributed by atoms with E-state index in [0.29, 0.717) is 28.4 Å². The van der Waals surface area contributed by atoms with Crippen LogP contribution in [0.1, 0.15) is 26.7 Å².